The number of nitrogens with zero attached hydrogens (tertiary/aromatic N) is 1. The molecule has 4 aromatic rings. The van der Waals surface area contributed by atoms with Gasteiger partial charge < -0.3 is 0 Å². The summed E-state index contributed by atoms with van der Waals surface area (Å²) in [5.41, 5.74) is 1.71. The summed E-state index contributed by atoms with van der Waals surface area (Å²) in [5.74, 6) is -0.579. The molecule has 4 aromatic carbocycles. The second-order valence-electron chi connectivity index (χ2n) is 6.27. The maximum Gasteiger partial charge on any atom is 0.266 e. The van der Waals surface area contributed by atoms with E-state index in [-0.39, 0.29) is 11.8 Å². The van der Waals surface area contributed by atoms with Crippen molar-refractivity contribution >= 4 is 55.0 Å². The molecule has 124 valence electrons. The molecule has 0 radical (unpaired) electrons. The number of amides is 2. The molecule has 0 aromatic heterocycles. The highest BCUT2D eigenvalue weighted by atomic mass is 79.9. The average Bonchev–Trinajstić information content (AvgIpc) is 2.67. The van der Waals surface area contributed by atoms with Gasteiger partial charge >= 0.3 is 0 Å². The van der Waals surface area contributed by atoms with Crippen LogP contribution in [0.15, 0.2) is 77.3 Å². The van der Waals surface area contributed by atoms with Gasteiger partial charge in [0.15, 0.2) is 0 Å². The summed E-state index contributed by atoms with van der Waals surface area (Å²) in [6.45, 7) is 0. The van der Waals surface area contributed by atoms with E-state index in [1.807, 2.05) is 60.7 Å². The fraction of sp³-hybridized carbons (Fsp3) is 0. The van der Waals surface area contributed by atoms with E-state index >= 15 is 0 Å². The standard InChI is InChI=1S/C22H12BrNO2/c23-18-12-11-17-20-15(18)8-4-9-16(20)21(25)24(22(17)26)19-10-3-6-13-5-1-2-7-14(13)19/h1-12H. The number of rotatable bonds is 1. The van der Waals surface area contributed by atoms with Crippen molar-refractivity contribution in [3.63, 3.8) is 0 Å². The molecule has 0 fully saturated rings. The van der Waals surface area contributed by atoms with Crippen LogP contribution in [0.25, 0.3) is 21.5 Å². The third kappa shape index (κ3) is 1.99. The Kier molecular flexibility index (Phi) is 3.24. The monoisotopic (exact) mass is 401 g/mol. The van der Waals surface area contributed by atoms with Crippen LogP contribution in [0.4, 0.5) is 5.69 Å². The van der Waals surface area contributed by atoms with Crippen LogP contribution in [-0.2, 0) is 0 Å². The highest BCUT2D eigenvalue weighted by molar-refractivity contribution is 9.10. The van der Waals surface area contributed by atoms with E-state index in [4.69, 9.17) is 0 Å². The normalized spacial score (nSPS) is 13.7. The lowest BCUT2D eigenvalue weighted by atomic mass is 9.93. The first-order valence-electron chi connectivity index (χ1n) is 8.24. The van der Waals surface area contributed by atoms with Crippen molar-refractivity contribution in [3.05, 3.63) is 88.4 Å². The smallest absolute Gasteiger partial charge is 0.266 e. The molecular weight excluding hydrogens is 390 g/mol. The van der Waals surface area contributed by atoms with Crippen LogP contribution in [-0.4, -0.2) is 11.8 Å². The number of fused-ring (bicyclic) bond motifs is 1. The Balaban J connectivity index is 1.82. The van der Waals surface area contributed by atoms with Crippen LogP contribution in [0, 0.1) is 0 Å². The predicted molar refractivity (Wildman–Crippen MR) is 107 cm³/mol. The molecule has 1 heterocycles. The van der Waals surface area contributed by atoms with Gasteiger partial charge in [0, 0.05) is 26.4 Å². The number of imide groups is 1. The minimum absolute atomic E-state index is 0.289. The lowest BCUT2D eigenvalue weighted by Gasteiger charge is -2.28. The third-order valence-corrected chi connectivity index (χ3v) is 5.55. The van der Waals surface area contributed by atoms with E-state index in [0.29, 0.717) is 22.2 Å². The van der Waals surface area contributed by atoms with Gasteiger partial charge in [-0.25, -0.2) is 4.90 Å². The summed E-state index contributed by atoms with van der Waals surface area (Å²) >= 11 is 3.51. The minimum atomic E-state index is -0.289. The van der Waals surface area contributed by atoms with Gasteiger partial charge in [0.05, 0.1) is 5.69 Å². The van der Waals surface area contributed by atoms with Gasteiger partial charge in [-0.1, -0.05) is 64.5 Å². The number of hydrogen-bond donors (Lipinski definition) is 0. The lowest BCUT2D eigenvalue weighted by molar-refractivity contribution is 0.0894. The Morgan fingerprint density at radius 1 is 0.654 bits per heavy atom. The van der Waals surface area contributed by atoms with Gasteiger partial charge in [-0.2, -0.15) is 0 Å². The summed E-state index contributed by atoms with van der Waals surface area (Å²) in [6.07, 6.45) is 0. The molecule has 0 saturated heterocycles. The number of hydrogen-bond acceptors (Lipinski definition) is 2. The van der Waals surface area contributed by atoms with Crippen LogP contribution in [0.5, 0.6) is 0 Å². The molecule has 1 aliphatic heterocycles. The second kappa shape index (κ2) is 5.51. The summed E-state index contributed by atoms with van der Waals surface area (Å²) < 4.78 is 0.873. The van der Waals surface area contributed by atoms with Crippen molar-refractivity contribution < 1.29 is 9.59 Å². The Labute approximate surface area is 158 Å². The maximum atomic E-state index is 13.3. The van der Waals surface area contributed by atoms with E-state index in [9.17, 15) is 9.59 Å². The number of carbonyl (C=O) groups excluding carboxylic acids is 2. The van der Waals surface area contributed by atoms with Crippen LogP contribution in [0.2, 0.25) is 0 Å². The molecule has 5 rings (SSSR count). The lowest BCUT2D eigenvalue weighted by Crippen LogP contribution is -2.40. The van der Waals surface area contributed by atoms with Crippen molar-refractivity contribution in [2.45, 2.75) is 0 Å². The second-order valence-corrected chi connectivity index (χ2v) is 7.12. The Morgan fingerprint density at radius 2 is 1.31 bits per heavy atom. The Morgan fingerprint density at radius 3 is 2.15 bits per heavy atom. The zero-order valence-electron chi connectivity index (χ0n) is 13.6. The van der Waals surface area contributed by atoms with Crippen molar-refractivity contribution in [2.75, 3.05) is 4.90 Å². The molecule has 0 atom stereocenters. The van der Waals surface area contributed by atoms with Crippen LogP contribution in [0.3, 0.4) is 0 Å². The van der Waals surface area contributed by atoms with Gasteiger partial charge in [0.1, 0.15) is 0 Å². The van der Waals surface area contributed by atoms with Gasteiger partial charge in [0.25, 0.3) is 11.8 Å². The Hall–Kier alpha value is -2.98. The summed E-state index contributed by atoms with van der Waals surface area (Å²) in [4.78, 5) is 27.8. The molecule has 26 heavy (non-hydrogen) atoms. The fourth-order valence-corrected chi connectivity index (χ4v) is 4.15. The van der Waals surface area contributed by atoms with E-state index < -0.39 is 0 Å². The van der Waals surface area contributed by atoms with Crippen molar-refractivity contribution in [1.82, 2.24) is 0 Å². The van der Waals surface area contributed by atoms with E-state index in [1.54, 1.807) is 12.1 Å². The van der Waals surface area contributed by atoms with Crippen LogP contribution in [0.1, 0.15) is 20.7 Å². The Bertz CT molecular complexity index is 1220. The van der Waals surface area contributed by atoms with Gasteiger partial charge in [-0.3, -0.25) is 9.59 Å². The first kappa shape index (κ1) is 15.3. The topological polar surface area (TPSA) is 37.4 Å². The van der Waals surface area contributed by atoms with E-state index in [2.05, 4.69) is 15.9 Å². The number of anilines is 1. The van der Waals surface area contributed by atoms with E-state index in [0.717, 1.165) is 20.6 Å². The molecule has 0 saturated carbocycles. The molecule has 0 N–H and O–H groups in total. The molecule has 0 unspecified atom stereocenters. The number of halogens is 1. The van der Waals surface area contributed by atoms with Crippen LogP contribution >= 0.6 is 15.9 Å². The zero-order valence-corrected chi connectivity index (χ0v) is 15.2. The third-order valence-electron chi connectivity index (χ3n) is 4.86. The molecule has 0 bridgehead atoms. The van der Waals surface area contributed by atoms with E-state index in [1.165, 1.54) is 4.90 Å². The molecule has 4 heteroatoms. The summed E-state index contributed by atoms with van der Waals surface area (Å²) in [7, 11) is 0. The van der Waals surface area contributed by atoms with Crippen molar-refractivity contribution in [1.29, 1.82) is 0 Å². The predicted octanol–water partition coefficient (Wildman–Crippen LogP) is 5.56. The summed E-state index contributed by atoms with van der Waals surface area (Å²) in [5, 5.41) is 3.46. The molecule has 0 spiro atoms. The van der Waals surface area contributed by atoms with Crippen molar-refractivity contribution in [2.24, 2.45) is 0 Å². The SMILES string of the molecule is O=C1c2cccc3c(Br)ccc(c23)C(=O)N1c1cccc2ccccc12. The highest BCUT2D eigenvalue weighted by Gasteiger charge is 2.34. The number of carbonyl (C=O) groups is 2. The first-order chi connectivity index (χ1) is 12.7. The van der Waals surface area contributed by atoms with Gasteiger partial charge in [-0.05, 0) is 35.0 Å². The molecule has 1 aliphatic rings. The fourth-order valence-electron chi connectivity index (χ4n) is 3.68. The molecule has 2 amide bonds. The largest absolute Gasteiger partial charge is 0.268 e. The van der Waals surface area contributed by atoms with Crippen LogP contribution < -0.4 is 4.90 Å². The quantitative estimate of drug-likeness (QED) is 0.391. The maximum absolute atomic E-state index is 13.3. The molecular formula is C22H12BrNO2. The van der Waals surface area contributed by atoms with Gasteiger partial charge in [0.2, 0.25) is 0 Å². The van der Waals surface area contributed by atoms with Crippen molar-refractivity contribution in [3.8, 4) is 0 Å². The minimum Gasteiger partial charge on any atom is -0.268 e. The average molecular weight is 402 g/mol. The van der Waals surface area contributed by atoms with Gasteiger partial charge in [-0.15, -0.1) is 0 Å². The first-order valence-corrected chi connectivity index (χ1v) is 9.04. The zero-order chi connectivity index (χ0) is 17.8. The highest BCUT2D eigenvalue weighted by Crippen LogP contribution is 2.37. The molecule has 3 nitrogen and oxygen atoms in total. The summed E-state index contributed by atoms with van der Waals surface area (Å²) in [6, 6.07) is 22.6. The molecule has 0 aliphatic carbocycles. The number of benzene rings is 4.